The van der Waals surface area contributed by atoms with Gasteiger partial charge in [0.05, 0.1) is 30.6 Å². The monoisotopic (exact) mass is 644 g/mol. The number of halogens is 1. The van der Waals surface area contributed by atoms with Gasteiger partial charge in [-0.3, -0.25) is 15.2 Å². The molecule has 3 amide bonds. The van der Waals surface area contributed by atoms with Crippen LogP contribution >= 0.6 is 27.3 Å². The van der Waals surface area contributed by atoms with Gasteiger partial charge in [0.15, 0.2) is 9.61 Å². The number of unbranched alkanes of at least 4 members (excludes halogenated alkanes) is 1. The summed E-state index contributed by atoms with van der Waals surface area (Å²) in [4.78, 5) is 42.1. The van der Waals surface area contributed by atoms with Gasteiger partial charge in [-0.1, -0.05) is 24.7 Å². The first kappa shape index (κ1) is 31.8. The minimum Gasteiger partial charge on any atom is -0.449 e. The van der Waals surface area contributed by atoms with Gasteiger partial charge in [-0.2, -0.15) is 5.10 Å². The number of hydrogen-bond acceptors (Lipinski definition) is 10. The molecule has 2 aromatic rings. The molecule has 1 aliphatic rings. The normalized spacial score (nSPS) is 19.4. The van der Waals surface area contributed by atoms with Gasteiger partial charge in [0.2, 0.25) is 0 Å². The fourth-order valence-electron chi connectivity index (χ4n) is 3.98. The Kier molecular flexibility index (Phi) is 11.3. The lowest BCUT2D eigenvalue weighted by Crippen LogP contribution is -2.46. The second-order valence-electron chi connectivity index (χ2n) is 10.2. The van der Waals surface area contributed by atoms with E-state index in [1.54, 1.807) is 34.8 Å². The number of hydrogen-bond donors (Lipinski definition) is 4. The molecule has 3 heterocycles. The van der Waals surface area contributed by atoms with Crippen LogP contribution in [0, 0.1) is 6.92 Å². The second kappa shape index (κ2) is 14.2. The number of carbonyl (C=O) groups excluding carboxylic acids is 3. The van der Waals surface area contributed by atoms with E-state index in [1.165, 1.54) is 0 Å². The van der Waals surface area contributed by atoms with E-state index in [0.717, 1.165) is 24.2 Å². The number of amides is 3. The van der Waals surface area contributed by atoms with E-state index in [4.69, 9.17) is 18.9 Å². The zero-order valence-corrected chi connectivity index (χ0v) is 25.9. The van der Waals surface area contributed by atoms with Crippen molar-refractivity contribution in [1.82, 2.24) is 20.5 Å². The van der Waals surface area contributed by atoms with Crippen molar-refractivity contribution in [3.8, 4) is 0 Å². The molecule has 13 nitrogen and oxygen atoms in total. The number of aromatic amines is 1. The third-order valence-corrected chi connectivity index (χ3v) is 7.36. The van der Waals surface area contributed by atoms with Crippen molar-refractivity contribution in [1.29, 1.82) is 0 Å². The standard InChI is InChI=1S/C25H37BrN6O7S/c1-7-8-11-37-23(34)30-21-19(29-22(26)40-21)20(33)28-17-13(2)31-32-18(17)15-10-9-14(16(36-6)12-38-15)27-24(35)39-25(3,4)5/h14-16H,7-12H2,1-6H3,(H,27,35)(H,28,33)(H,30,34)(H,31,32)/t14?,15?,16-/m0/s1. The summed E-state index contributed by atoms with van der Waals surface area (Å²) >= 11 is 4.38. The number of aryl methyl sites for hydroxylation is 1. The summed E-state index contributed by atoms with van der Waals surface area (Å²) in [7, 11) is 1.56. The highest BCUT2D eigenvalue weighted by atomic mass is 79.9. The number of H-pyrrole nitrogens is 1. The third-order valence-electron chi connectivity index (χ3n) is 5.94. The molecule has 2 aromatic heterocycles. The van der Waals surface area contributed by atoms with Crippen LogP contribution in [-0.2, 0) is 18.9 Å². The highest BCUT2D eigenvalue weighted by Crippen LogP contribution is 2.35. The topological polar surface area (TPSA) is 166 Å². The van der Waals surface area contributed by atoms with Crippen LogP contribution in [-0.4, -0.2) is 71.3 Å². The molecule has 0 saturated carbocycles. The van der Waals surface area contributed by atoms with Crippen molar-refractivity contribution >= 4 is 56.0 Å². The number of nitrogens with one attached hydrogen (secondary N) is 4. The summed E-state index contributed by atoms with van der Waals surface area (Å²) in [5.41, 5.74) is 0.960. The minimum atomic E-state index is -0.659. The van der Waals surface area contributed by atoms with Crippen LogP contribution in [0.25, 0.3) is 0 Å². The number of carbonyl (C=O) groups is 3. The molecule has 2 unspecified atom stereocenters. The Morgan fingerprint density at radius 1 is 1.20 bits per heavy atom. The Morgan fingerprint density at radius 3 is 2.62 bits per heavy atom. The smallest absolute Gasteiger partial charge is 0.412 e. The first-order chi connectivity index (χ1) is 18.9. The van der Waals surface area contributed by atoms with Gasteiger partial charge in [0, 0.05) is 7.11 Å². The lowest BCUT2D eigenvalue weighted by molar-refractivity contribution is -0.0255. The third kappa shape index (κ3) is 8.88. The van der Waals surface area contributed by atoms with Gasteiger partial charge in [-0.15, -0.1) is 0 Å². The molecule has 0 radical (unpaired) electrons. The molecule has 3 atom stereocenters. The lowest BCUT2D eigenvalue weighted by Gasteiger charge is -2.26. The van der Waals surface area contributed by atoms with Gasteiger partial charge in [0.1, 0.15) is 28.5 Å². The molecule has 0 aliphatic carbocycles. The maximum Gasteiger partial charge on any atom is 0.412 e. The van der Waals surface area contributed by atoms with Crippen LogP contribution in [0.15, 0.2) is 3.92 Å². The number of alkyl carbamates (subject to hydrolysis) is 1. The zero-order valence-electron chi connectivity index (χ0n) is 23.5. The van der Waals surface area contributed by atoms with E-state index in [9.17, 15) is 14.4 Å². The average molecular weight is 646 g/mol. The maximum absolute atomic E-state index is 13.3. The summed E-state index contributed by atoms with van der Waals surface area (Å²) in [5, 5.41) is 15.9. The largest absolute Gasteiger partial charge is 0.449 e. The molecule has 0 spiro atoms. The van der Waals surface area contributed by atoms with E-state index in [2.05, 4.69) is 47.1 Å². The molecule has 1 saturated heterocycles. The molecule has 3 rings (SSSR count). The second-order valence-corrected chi connectivity index (χ2v) is 12.5. The van der Waals surface area contributed by atoms with Gasteiger partial charge in [-0.05, 0) is 62.9 Å². The molecule has 0 aromatic carbocycles. The molecule has 0 bridgehead atoms. The van der Waals surface area contributed by atoms with E-state index < -0.39 is 35.9 Å². The maximum atomic E-state index is 13.3. The van der Waals surface area contributed by atoms with Crippen molar-refractivity contribution in [2.24, 2.45) is 0 Å². The Hall–Kier alpha value is -2.75. The van der Waals surface area contributed by atoms with E-state index in [1.807, 2.05) is 6.92 Å². The van der Waals surface area contributed by atoms with Crippen molar-refractivity contribution in [3.05, 3.63) is 21.0 Å². The van der Waals surface area contributed by atoms with Gasteiger partial charge < -0.3 is 29.6 Å². The zero-order chi connectivity index (χ0) is 29.4. The summed E-state index contributed by atoms with van der Waals surface area (Å²) in [5.74, 6) is -0.538. The Balaban J connectivity index is 1.72. The number of rotatable bonds is 9. The van der Waals surface area contributed by atoms with Crippen molar-refractivity contribution in [2.75, 3.05) is 31.0 Å². The first-order valence-electron chi connectivity index (χ1n) is 13.0. The highest BCUT2D eigenvalue weighted by Gasteiger charge is 2.34. The molecule has 1 aliphatic heterocycles. The minimum absolute atomic E-state index is 0.0266. The number of aromatic nitrogens is 3. The molecular weight excluding hydrogens is 608 g/mol. The van der Waals surface area contributed by atoms with Crippen LogP contribution in [0.2, 0.25) is 0 Å². The van der Waals surface area contributed by atoms with Crippen molar-refractivity contribution in [3.63, 3.8) is 0 Å². The van der Waals surface area contributed by atoms with Crippen LogP contribution in [0.4, 0.5) is 20.3 Å². The Bertz CT molecular complexity index is 1180. The molecule has 15 heteroatoms. The van der Waals surface area contributed by atoms with E-state index in [-0.39, 0.29) is 30.0 Å². The van der Waals surface area contributed by atoms with Crippen LogP contribution in [0.5, 0.6) is 0 Å². The predicted octanol–water partition coefficient (Wildman–Crippen LogP) is 5.30. The number of ether oxygens (including phenoxy) is 4. The van der Waals surface area contributed by atoms with Crippen LogP contribution in [0.1, 0.15) is 81.4 Å². The summed E-state index contributed by atoms with van der Waals surface area (Å²) in [6.07, 6.45) is 0.549. The summed E-state index contributed by atoms with van der Waals surface area (Å²) in [6.45, 7) is 9.62. The molecule has 4 N–H and O–H groups in total. The van der Waals surface area contributed by atoms with E-state index >= 15 is 0 Å². The van der Waals surface area contributed by atoms with Gasteiger partial charge in [-0.25, -0.2) is 14.6 Å². The fourth-order valence-corrected chi connectivity index (χ4v) is 5.32. The quantitative estimate of drug-likeness (QED) is 0.265. The average Bonchev–Trinajstić information content (AvgIpc) is 3.33. The van der Waals surface area contributed by atoms with Gasteiger partial charge in [0.25, 0.3) is 5.91 Å². The Morgan fingerprint density at radius 2 is 1.95 bits per heavy atom. The van der Waals surface area contributed by atoms with Crippen LogP contribution in [0.3, 0.4) is 0 Å². The van der Waals surface area contributed by atoms with E-state index in [0.29, 0.717) is 33.8 Å². The fraction of sp³-hybridized carbons (Fsp3) is 0.640. The number of anilines is 2. The highest BCUT2D eigenvalue weighted by molar-refractivity contribution is 9.11. The number of methoxy groups -OCH3 is 1. The number of nitrogens with zero attached hydrogens (tertiary/aromatic N) is 2. The summed E-state index contributed by atoms with van der Waals surface area (Å²) < 4.78 is 22.7. The van der Waals surface area contributed by atoms with Crippen LogP contribution < -0.4 is 16.0 Å². The summed E-state index contributed by atoms with van der Waals surface area (Å²) in [6, 6.07) is -0.346. The SMILES string of the molecule is CCCCOC(=O)Nc1sc(Br)nc1C(=O)Nc1c(C2CCC(NC(=O)OC(C)(C)C)[C@@H](OC)CO2)n[nH]c1C. The molecule has 222 valence electrons. The first-order valence-corrected chi connectivity index (χ1v) is 14.6. The molecular formula is C25H37BrN6O7S. The molecule has 40 heavy (non-hydrogen) atoms. The lowest BCUT2D eigenvalue weighted by atomic mass is 10.0. The molecule has 1 fully saturated rings. The predicted molar refractivity (Wildman–Crippen MR) is 153 cm³/mol. The van der Waals surface area contributed by atoms with Crippen molar-refractivity contribution in [2.45, 2.75) is 84.2 Å². The van der Waals surface area contributed by atoms with Crippen molar-refractivity contribution < 1.29 is 33.3 Å². The van der Waals surface area contributed by atoms with Gasteiger partial charge >= 0.3 is 12.2 Å². The Labute approximate surface area is 245 Å². The number of thiazole rings is 1.